The van der Waals surface area contributed by atoms with Crippen molar-refractivity contribution in [1.29, 1.82) is 0 Å². The number of piperidine rings is 1. The van der Waals surface area contributed by atoms with Gasteiger partial charge in [-0.25, -0.2) is 4.68 Å². The van der Waals surface area contributed by atoms with Gasteiger partial charge in [-0.1, -0.05) is 23.4 Å². The summed E-state index contributed by atoms with van der Waals surface area (Å²) in [6.07, 6.45) is 5.88. The molecular formula is C24H21N5O3. The predicted octanol–water partition coefficient (Wildman–Crippen LogP) is 2.18. The highest BCUT2D eigenvalue weighted by Crippen LogP contribution is 2.32. The summed E-state index contributed by atoms with van der Waals surface area (Å²) in [7, 11) is 0. The van der Waals surface area contributed by atoms with E-state index >= 15 is 0 Å². The lowest BCUT2D eigenvalue weighted by Gasteiger charge is -2.29. The van der Waals surface area contributed by atoms with Crippen molar-refractivity contribution in [3.05, 3.63) is 64.8 Å². The van der Waals surface area contributed by atoms with E-state index in [0.29, 0.717) is 18.5 Å². The van der Waals surface area contributed by atoms with Gasteiger partial charge in [0.15, 0.2) is 0 Å². The summed E-state index contributed by atoms with van der Waals surface area (Å²) >= 11 is 0. The first-order valence-corrected chi connectivity index (χ1v) is 10.9. The summed E-state index contributed by atoms with van der Waals surface area (Å²) in [5.74, 6) is -0.906. The van der Waals surface area contributed by atoms with Crippen LogP contribution in [0.2, 0.25) is 0 Å². The number of aromatic nitrogens is 3. The highest BCUT2D eigenvalue weighted by molar-refractivity contribution is 6.05. The summed E-state index contributed by atoms with van der Waals surface area (Å²) < 4.78 is 1.70. The van der Waals surface area contributed by atoms with Gasteiger partial charge in [0.1, 0.15) is 11.7 Å². The summed E-state index contributed by atoms with van der Waals surface area (Å²) in [5.41, 5.74) is 6.74. The van der Waals surface area contributed by atoms with Crippen molar-refractivity contribution >= 4 is 17.7 Å². The van der Waals surface area contributed by atoms with Gasteiger partial charge in [-0.15, -0.1) is 5.10 Å². The van der Waals surface area contributed by atoms with E-state index < -0.39 is 11.9 Å². The molecule has 1 saturated heterocycles. The molecule has 3 aromatic rings. The quantitative estimate of drug-likeness (QED) is 0.647. The lowest BCUT2D eigenvalue weighted by molar-refractivity contribution is -0.136. The minimum absolute atomic E-state index is 0.199. The minimum atomic E-state index is -0.641. The molecule has 1 atom stereocenters. The Morgan fingerprint density at radius 1 is 1.00 bits per heavy atom. The van der Waals surface area contributed by atoms with Crippen LogP contribution >= 0.6 is 0 Å². The van der Waals surface area contributed by atoms with E-state index in [9.17, 15) is 14.4 Å². The average Bonchev–Trinajstić information content (AvgIpc) is 3.52. The van der Waals surface area contributed by atoms with E-state index in [4.69, 9.17) is 0 Å². The zero-order chi connectivity index (χ0) is 21.8. The summed E-state index contributed by atoms with van der Waals surface area (Å²) in [6, 6.07) is 11.3. The van der Waals surface area contributed by atoms with Gasteiger partial charge in [-0.2, -0.15) is 0 Å². The molecule has 3 amide bonds. The number of rotatable bonds is 3. The number of fused-ring (bicyclic) bond motifs is 2. The van der Waals surface area contributed by atoms with E-state index in [2.05, 4.69) is 33.8 Å². The molecule has 0 bridgehead atoms. The SMILES string of the molecule is O=C1CCC(N2Cc3c(cccc3-n3cc(-c4ccc5c(c4)CCC5)nn3)C2=O)C(=O)N1. The van der Waals surface area contributed by atoms with Gasteiger partial charge in [0, 0.05) is 29.7 Å². The molecule has 0 spiro atoms. The van der Waals surface area contributed by atoms with Crippen LogP contribution in [0.25, 0.3) is 16.9 Å². The molecule has 1 unspecified atom stereocenters. The molecule has 6 rings (SSSR count). The molecule has 1 aliphatic carbocycles. The smallest absolute Gasteiger partial charge is 0.255 e. The number of carbonyl (C=O) groups is 3. The number of benzene rings is 2. The van der Waals surface area contributed by atoms with Gasteiger partial charge in [0.2, 0.25) is 11.8 Å². The Bertz CT molecular complexity index is 1290. The fraction of sp³-hybridized carbons (Fsp3) is 0.292. The van der Waals surface area contributed by atoms with Gasteiger partial charge >= 0.3 is 0 Å². The van der Waals surface area contributed by atoms with Gasteiger partial charge in [-0.3, -0.25) is 19.7 Å². The molecule has 1 aromatic heterocycles. The van der Waals surface area contributed by atoms with E-state index in [0.717, 1.165) is 35.3 Å². The largest absolute Gasteiger partial charge is 0.322 e. The van der Waals surface area contributed by atoms with Crippen LogP contribution in [0.1, 0.15) is 46.3 Å². The van der Waals surface area contributed by atoms with Gasteiger partial charge in [0.25, 0.3) is 5.91 Å². The lowest BCUT2D eigenvalue weighted by Crippen LogP contribution is -2.52. The molecule has 1 fully saturated rings. The third-order valence-electron chi connectivity index (χ3n) is 6.69. The molecule has 3 aliphatic rings. The van der Waals surface area contributed by atoms with Crippen molar-refractivity contribution in [2.75, 3.05) is 0 Å². The topological polar surface area (TPSA) is 97.2 Å². The second-order valence-corrected chi connectivity index (χ2v) is 8.59. The molecule has 8 heteroatoms. The Morgan fingerprint density at radius 3 is 2.75 bits per heavy atom. The third kappa shape index (κ3) is 2.94. The van der Waals surface area contributed by atoms with Crippen molar-refractivity contribution in [3.8, 4) is 16.9 Å². The Hall–Kier alpha value is -3.81. The third-order valence-corrected chi connectivity index (χ3v) is 6.69. The van der Waals surface area contributed by atoms with Crippen molar-refractivity contribution in [3.63, 3.8) is 0 Å². The van der Waals surface area contributed by atoms with Crippen molar-refractivity contribution in [2.45, 2.75) is 44.7 Å². The molecule has 8 nitrogen and oxygen atoms in total. The maximum absolute atomic E-state index is 13.1. The van der Waals surface area contributed by atoms with Crippen LogP contribution in [0.15, 0.2) is 42.6 Å². The molecule has 0 saturated carbocycles. The predicted molar refractivity (Wildman–Crippen MR) is 115 cm³/mol. The van der Waals surface area contributed by atoms with Crippen LogP contribution in [-0.2, 0) is 29.0 Å². The molecule has 0 radical (unpaired) electrons. The van der Waals surface area contributed by atoms with Crippen molar-refractivity contribution < 1.29 is 14.4 Å². The number of amides is 3. The fourth-order valence-corrected chi connectivity index (χ4v) is 5.03. The Morgan fingerprint density at radius 2 is 1.88 bits per heavy atom. The average molecular weight is 427 g/mol. The number of nitrogens with zero attached hydrogens (tertiary/aromatic N) is 4. The Labute approximate surface area is 184 Å². The highest BCUT2D eigenvalue weighted by Gasteiger charge is 2.40. The zero-order valence-corrected chi connectivity index (χ0v) is 17.4. The number of carbonyl (C=O) groups excluding carboxylic acids is 3. The molecule has 2 aliphatic heterocycles. The maximum Gasteiger partial charge on any atom is 0.255 e. The van der Waals surface area contributed by atoms with E-state index in [1.54, 1.807) is 15.6 Å². The second kappa shape index (κ2) is 7.12. The number of aryl methyl sites for hydroxylation is 2. The van der Waals surface area contributed by atoms with Crippen LogP contribution in [0.4, 0.5) is 0 Å². The lowest BCUT2D eigenvalue weighted by atomic mass is 10.0. The highest BCUT2D eigenvalue weighted by atomic mass is 16.2. The number of nitrogens with one attached hydrogen (secondary N) is 1. The van der Waals surface area contributed by atoms with Crippen LogP contribution in [0, 0.1) is 0 Å². The van der Waals surface area contributed by atoms with Crippen LogP contribution in [0.5, 0.6) is 0 Å². The molecule has 3 heterocycles. The molecule has 2 aromatic carbocycles. The first-order valence-electron chi connectivity index (χ1n) is 10.9. The normalized spacial score (nSPS) is 19.8. The first kappa shape index (κ1) is 18.9. The van der Waals surface area contributed by atoms with Gasteiger partial charge in [0.05, 0.1) is 11.9 Å². The van der Waals surface area contributed by atoms with E-state index in [1.807, 2.05) is 18.3 Å². The van der Waals surface area contributed by atoms with Crippen molar-refractivity contribution in [2.24, 2.45) is 0 Å². The second-order valence-electron chi connectivity index (χ2n) is 8.59. The number of hydrogen-bond donors (Lipinski definition) is 1. The first-order chi connectivity index (χ1) is 15.6. The standard InChI is InChI=1S/C24H21N5O3/c30-22-10-9-21(23(31)25-22)28-12-18-17(24(28)32)5-2-6-20(18)29-13-19(26-27-29)16-8-7-14-3-1-4-15(14)11-16/h2,5-8,11,13,21H,1,3-4,9-10,12H2,(H,25,30,31). The van der Waals surface area contributed by atoms with Crippen LogP contribution in [-0.4, -0.2) is 43.7 Å². The monoisotopic (exact) mass is 427 g/mol. The molecule has 1 N–H and O–H groups in total. The summed E-state index contributed by atoms with van der Waals surface area (Å²) in [4.78, 5) is 38.4. The van der Waals surface area contributed by atoms with E-state index in [1.165, 1.54) is 17.5 Å². The van der Waals surface area contributed by atoms with E-state index in [-0.39, 0.29) is 18.2 Å². The van der Waals surface area contributed by atoms with Crippen LogP contribution in [0.3, 0.4) is 0 Å². The van der Waals surface area contributed by atoms with Crippen molar-refractivity contribution in [1.82, 2.24) is 25.2 Å². The summed E-state index contributed by atoms with van der Waals surface area (Å²) in [5, 5.41) is 11.0. The molecule has 32 heavy (non-hydrogen) atoms. The Kier molecular flexibility index (Phi) is 4.21. The number of hydrogen-bond acceptors (Lipinski definition) is 5. The molecule has 160 valence electrons. The number of imide groups is 1. The Balaban J connectivity index is 1.32. The minimum Gasteiger partial charge on any atom is -0.322 e. The zero-order valence-electron chi connectivity index (χ0n) is 17.4. The van der Waals surface area contributed by atoms with Gasteiger partial charge < -0.3 is 4.90 Å². The van der Waals surface area contributed by atoms with Gasteiger partial charge in [-0.05, 0) is 55.0 Å². The summed E-state index contributed by atoms with van der Waals surface area (Å²) in [6.45, 7) is 0.296. The maximum atomic E-state index is 13.1. The fourth-order valence-electron chi connectivity index (χ4n) is 5.03. The van der Waals surface area contributed by atoms with Crippen LogP contribution < -0.4 is 5.32 Å². The molecular weight excluding hydrogens is 406 g/mol.